The van der Waals surface area contributed by atoms with Crippen molar-refractivity contribution in [2.45, 2.75) is 13.2 Å². The molecule has 1 unspecified atom stereocenters. The van der Waals surface area contributed by atoms with E-state index in [-0.39, 0.29) is 12.8 Å². The third-order valence-corrected chi connectivity index (χ3v) is 6.33. The molecule has 6 N–H and O–H groups in total. The first-order valence-electron chi connectivity index (χ1n) is 11.9. The Hall–Kier alpha value is -4.68. The molecule has 37 heavy (non-hydrogen) atoms. The number of ether oxygens (including phenoxy) is 1. The number of rotatable bonds is 6. The van der Waals surface area contributed by atoms with Gasteiger partial charge >= 0.3 is 0 Å². The molecule has 0 amide bonds. The number of aliphatic hydroxyl groups excluding tert-OH is 1. The van der Waals surface area contributed by atoms with E-state index < -0.39 is 0 Å². The summed E-state index contributed by atoms with van der Waals surface area (Å²) in [6, 6.07) is 25.3. The number of benzene rings is 4. The van der Waals surface area contributed by atoms with Crippen LogP contribution in [0.15, 0.2) is 103 Å². The van der Waals surface area contributed by atoms with E-state index in [9.17, 15) is 5.11 Å². The highest BCUT2D eigenvalue weighted by molar-refractivity contribution is 6.11. The van der Waals surface area contributed by atoms with Crippen molar-refractivity contribution in [2.75, 3.05) is 6.61 Å². The summed E-state index contributed by atoms with van der Waals surface area (Å²) in [5.41, 5.74) is 11.1. The Morgan fingerprint density at radius 2 is 1.62 bits per heavy atom. The summed E-state index contributed by atoms with van der Waals surface area (Å²) < 4.78 is 5.01. The van der Waals surface area contributed by atoms with Gasteiger partial charge in [0.2, 0.25) is 0 Å². The maximum absolute atomic E-state index is 9.56. The van der Waals surface area contributed by atoms with Gasteiger partial charge in [-0.05, 0) is 68.4 Å². The van der Waals surface area contributed by atoms with E-state index in [2.05, 4.69) is 72.9 Å². The summed E-state index contributed by atoms with van der Waals surface area (Å²) in [4.78, 5) is 0. The number of hydrogen-bond donors (Lipinski definition) is 5. The summed E-state index contributed by atoms with van der Waals surface area (Å²) in [6.07, 6.45) is 8.57. The van der Waals surface area contributed by atoms with Gasteiger partial charge in [0.05, 0.1) is 6.61 Å². The van der Waals surface area contributed by atoms with Crippen LogP contribution in [0.4, 0.5) is 0 Å². The SMILES string of the molecule is Cc1c2ccccc2c(/C=C(\C=N)CO)c2ccc(-c3ccccc3)cc12.N=C/C(=C\N)C1NC=CO1. The Bertz CT molecular complexity index is 1510. The Kier molecular flexibility index (Phi) is 8.13. The average molecular weight is 491 g/mol. The van der Waals surface area contributed by atoms with Crippen LogP contribution in [0.3, 0.4) is 0 Å². The monoisotopic (exact) mass is 490 g/mol. The number of hydrogen-bond acceptors (Lipinski definition) is 6. The van der Waals surface area contributed by atoms with Crippen molar-refractivity contribution in [3.63, 3.8) is 0 Å². The zero-order chi connectivity index (χ0) is 26.2. The smallest absolute Gasteiger partial charge is 0.198 e. The lowest BCUT2D eigenvalue weighted by Gasteiger charge is -2.14. The van der Waals surface area contributed by atoms with Crippen molar-refractivity contribution in [2.24, 2.45) is 5.73 Å². The van der Waals surface area contributed by atoms with E-state index in [1.165, 1.54) is 46.1 Å². The first-order valence-corrected chi connectivity index (χ1v) is 11.9. The predicted molar refractivity (Wildman–Crippen MR) is 154 cm³/mol. The fourth-order valence-corrected chi connectivity index (χ4v) is 4.38. The molecule has 1 aliphatic heterocycles. The van der Waals surface area contributed by atoms with Gasteiger partial charge in [0, 0.05) is 30.4 Å². The van der Waals surface area contributed by atoms with Crippen LogP contribution in [-0.2, 0) is 4.74 Å². The first kappa shape index (κ1) is 25.4. The molecule has 6 heteroatoms. The minimum Gasteiger partial charge on any atom is -0.472 e. The summed E-state index contributed by atoms with van der Waals surface area (Å²) in [5.74, 6) is 0. The first-order chi connectivity index (χ1) is 18.1. The molecular weight excluding hydrogens is 460 g/mol. The van der Waals surface area contributed by atoms with Crippen LogP contribution in [-0.4, -0.2) is 30.4 Å². The molecule has 0 spiro atoms. The Morgan fingerprint density at radius 1 is 0.919 bits per heavy atom. The van der Waals surface area contributed by atoms with Gasteiger partial charge in [-0.2, -0.15) is 0 Å². The van der Waals surface area contributed by atoms with Crippen molar-refractivity contribution in [3.8, 4) is 11.1 Å². The summed E-state index contributed by atoms with van der Waals surface area (Å²) in [5, 5.41) is 31.6. The van der Waals surface area contributed by atoms with Crippen molar-refractivity contribution >= 4 is 40.1 Å². The number of fused-ring (bicyclic) bond motifs is 2. The van der Waals surface area contributed by atoms with Crippen LogP contribution < -0.4 is 11.1 Å². The van der Waals surface area contributed by atoms with Crippen LogP contribution in [0.25, 0.3) is 38.7 Å². The number of aliphatic hydroxyl groups is 1. The highest BCUT2D eigenvalue weighted by Crippen LogP contribution is 2.36. The molecule has 4 aromatic carbocycles. The molecule has 1 atom stereocenters. The lowest BCUT2D eigenvalue weighted by molar-refractivity contribution is 0.191. The van der Waals surface area contributed by atoms with Crippen molar-refractivity contribution in [3.05, 3.63) is 114 Å². The molecule has 0 radical (unpaired) electrons. The van der Waals surface area contributed by atoms with E-state index in [0.29, 0.717) is 11.1 Å². The second-order valence-electron chi connectivity index (χ2n) is 8.53. The minimum atomic E-state index is -0.275. The van der Waals surface area contributed by atoms with Gasteiger partial charge in [0.15, 0.2) is 6.23 Å². The second-order valence-corrected chi connectivity index (χ2v) is 8.53. The fraction of sp³-hybridized carbons (Fsp3) is 0.0968. The van der Waals surface area contributed by atoms with Crippen molar-refractivity contribution in [1.29, 1.82) is 10.8 Å². The van der Waals surface area contributed by atoms with E-state index in [1.807, 2.05) is 18.2 Å². The van der Waals surface area contributed by atoms with Crippen LogP contribution in [0.5, 0.6) is 0 Å². The summed E-state index contributed by atoms with van der Waals surface area (Å²) in [6.45, 7) is 2.02. The van der Waals surface area contributed by atoms with E-state index >= 15 is 0 Å². The topological polar surface area (TPSA) is 115 Å². The van der Waals surface area contributed by atoms with Crippen LogP contribution in [0.1, 0.15) is 11.1 Å². The molecule has 1 aliphatic rings. The van der Waals surface area contributed by atoms with Gasteiger partial charge in [-0.25, -0.2) is 0 Å². The number of aryl methyl sites for hydroxylation is 1. The zero-order valence-corrected chi connectivity index (χ0v) is 20.6. The van der Waals surface area contributed by atoms with Gasteiger partial charge in [-0.3, -0.25) is 0 Å². The lowest BCUT2D eigenvalue weighted by Crippen LogP contribution is -2.24. The minimum absolute atomic E-state index is 0.144. The Labute approximate surface area is 216 Å². The zero-order valence-electron chi connectivity index (χ0n) is 20.6. The van der Waals surface area contributed by atoms with Gasteiger partial charge in [-0.15, -0.1) is 0 Å². The normalized spacial score (nSPS) is 15.0. The molecule has 5 rings (SSSR count). The Balaban J connectivity index is 0.000000270. The quantitative estimate of drug-likeness (QED) is 0.171. The van der Waals surface area contributed by atoms with Crippen molar-refractivity contribution in [1.82, 2.24) is 5.32 Å². The van der Waals surface area contributed by atoms with Gasteiger partial charge in [0.25, 0.3) is 0 Å². The Morgan fingerprint density at radius 3 is 2.24 bits per heavy atom. The molecule has 4 aromatic rings. The molecule has 0 bridgehead atoms. The molecule has 1 heterocycles. The van der Waals surface area contributed by atoms with Crippen molar-refractivity contribution < 1.29 is 9.84 Å². The van der Waals surface area contributed by atoms with E-state index in [4.69, 9.17) is 21.3 Å². The maximum Gasteiger partial charge on any atom is 0.198 e. The van der Waals surface area contributed by atoms with Gasteiger partial charge in [0.1, 0.15) is 6.26 Å². The van der Waals surface area contributed by atoms with Crippen LogP contribution in [0.2, 0.25) is 0 Å². The van der Waals surface area contributed by atoms with Gasteiger partial charge in [-0.1, -0.05) is 66.7 Å². The molecule has 0 fully saturated rings. The van der Waals surface area contributed by atoms with E-state index in [0.717, 1.165) is 22.6 Å². The third-order valence-electron chi connectivity index (χ3n) is 6.33. The fourth-order valence-electron chi connectivity index (χ4n) is 4.38. The molecule has 0 saturated carbocycles. The molecule has 0 aromatic heterocycles. The predicted octanol–water partition coefficient (Wildman–Crippen LogP) is 5.89. The summed E-state index contributed by atoms with van der Waals surface area (Å²) >= 11 is 0. The second kappa shape index (κ2) is 11.8. The average Bonchev–Trinajstić information content (AvgIpc) is 3.49. The number of nitrogens with two attached hydrogens (primary N) is 1. The molecule has 0 saturated heterocycles. The van der Waals surface area contributed by atoms with Gasteiger partial charge < -0.3 is 31.7 Å². The molecular formula is C31H30N4O2. The largest absolute Gasteiger partial charge is 0.472 e. The lowest BCUT2D eigenvalue weighted by atomic mass is 9.89. The summed E-state index contributed by atoms with van der Waals surface area (Å²) in [7, 11) is 0. The maximum atomic E-state index is 9.56. The van der Waals surface area contributed by atoms with Crippen LogP contribution in [0, 0.1) is 17.7 Å². The standard InChI is InChI=1S/C25H21NO.C6H9N3O/c1-17-21-9-5-6-10-22(21)25(13-18(15-26)16-27)23-12-11-20(14-24(17)23)19-7-3-2-4-8-19;7-3-5(4-8)6-9-1-2-10-6/h2-15,26-27H,16H2,1H3;1-4,6-7,9H,8H2/b18-13+,26-15?;5-4+,7-3?. The molecule has 186 valence electrons. The highest BCUT2D eigenvalue weighted by Gasteiger charge is 2.13. The molecule has 6 nitrogen and oxygen atoms in total. The third kappa shape index (κ3) is 5.44. The number of nitrogens with one attached hydrogen (secondary N) is 3. The van der Waals surface area contributed by atoms with Crippen LogP contribution >= 0.6 is 0 Å². The van der Waals surface area contributed by atoms with E-state index in [1.54, 1.807) is 6.20 Å². The molecule has 0 aliphatic carbocycles. The highest BCUT2D eigenvalue weighted by atomic mass is 16.5.